The monoisotopic (exact) mass is 340 g/mol. The largest absolute Gasteiger partial charge is 0.371 e. The van der Waals surface area contributed by atoms with Gasteiger partial charge in [-0.25, -0.2) is 4.98 Å². The molecule has 4 nitrogen and oxygen atoms in total. The first-order valence-corrected chi connectivity index (χ1v) is 9.57. The van der Waals surface area contributed by atoms with Crippen LogP contribution in [0.2, 0.25) is 0 Å². The van der Waals surface area contributed by atoms with Crippen LogP contribution >= 0.6 is 0 Å². The minimum Gasteiger partial charge on any atom is -0.371 e. The van der Waals surface area contributed by atoms with Crippen molar-refractivity contribution in [2.24, 2.45) is 5.92 Å². The van der Waals surface area contributed by atoms with Gasteiger partial charge in [0.1, 0.15) is 0 Å². The van der Waals surface area contributed by atoms with Crippen LogP contribution < -0.4 is 10.2 Å². The fourth-order valence-corrected chi connectivity index (χ4v) is 3.78. The maximum Gasteiger partial charge on any atom is 0.0948 e. The summed E-state index contributed by atoms with van der Waals surface area (Å²) >= 11 is 0. The van der Waals surface area contributed by atoms with Crippen molar-refractivity contribution in [3.8, 4) is 0 Å². The maximum absolute atomic E-state index is 4.32. The molecule has 0 spiro atoms. The Hall–Kier alpha value is -1.81. The van der Waals surface area contributed by atoms with E-state index in [2.05, 4.69) is 65.7 Å². The van der Waals surface area contributed by atoms with E-state index in [9.17, 15) is 0 Å². The van der Waals surface area contributed by atoms with Crippen molar-refractivity contribution >= 4 is 5.69 Å². The quantitative estimate of drug-likeness (QED) is 0.865. The Balaban J connectivity index is 1.50. The number of aryl methyl sites for hydroxylation is 2. The van der Waals surface area contributed by atoms with Crippen molar-refractivity contribution in [2.75, 3.05) is 18.0 Å². The van der Waals surface area contributed by atoms with Crippen LogP contribution in [0, 0.1) is 19.8 Å². The number of aromatic nitrogens is 2. The summed E-state index contributed by atoms with van der Waals surface area (Å²) in [6, 6.07) is 7.47. The summed E-state index contributed by atoms with van der Waals surface area (Å²) in [5.74, 6) is 0.647. The lowest BCUT2D eigenvalue weighted by molar-refractivity contribution is 0.404. The van der Waals surface area contributed by atoms with Gasteiger partial charge in [-0.3, -0.25) is 0 Å². The van der Waals surface area contributed by atoms with Crippen molar-refractivity contribution in [2.45, 2.75) is 59.7 Å². The topological polar surface area (TPSA) is 33.1 Å². The molecule has 1 aliphatic heterocycles. The number of anilines is 1. The summed E-state index contributed by atoms with van der Waals surface area (Å²) in [4.78, 5) is 6.85. The molecule has 1 fully saturated rings. The van der Waals surface area contributed by atoms with E-state index in [0.717, 1.165) is 26.2 Å². The van der Waals surface area contributed by atoms with Crippen LogP contribution in [-0.4, -0.2) is 28.7 Å². The van der Waals surface area contributed by atoms with Gasteiger partial charge in [-0.15, -0.1) is 0 Å². The van der Waals surface area contributed by atoms with Gasteiger partial charge in [0, 0.05) is 44.1 Å². The number of nitrogens with zero attached hydrogens (tertiary/aromatic N) is 3. The highest BCUT2D eigenvalue weighted by Gasteiger charge is 2.19. The maximum atomic E-state index is 4.32. The molecule has 0 atom stereocenters. The molecule has 1 saturated heterocycles. The molecule has 1 N–H and O–H groups in total. The molecule has 2 aromatic rings. The Morgan fingerprint density at radius 1 is 1.12 bits per heavy atom. The zero-order valence-corrected chi connectivity index (χ0v) is 16.1. The summed E-state index contributed by atoms with van der Waals surface area (Å²) in [5.41, 5.74) is 5.39. The lowest BCUT2D eigenvalue weighted by atomic mass is 10.0. The summed E-state index contributed by atoms with van der Waals surface area (Å²) in [6.45, 7) is 13.1. The molecule has 0 bridgehead atoms. The molecule has 0 saturated carbocycles. The zero-order valence-electron chi connectivity index (χ0n) is 16.1. The number of imidazole rings is 1. The molecule has 1 aromatic heterocycles. The molecule has 1 aliphatic rings. The summed E-state index contributed by atoms with van der Waals surface area (Å²) in [6.07, 6.45) is 6.36. The lowest BCUT2D eigenvalue weighted by Gasteiger charge is -2.34. The van der Waals surface area contributed by atoms with E-state index in [1.54, 1.807) is 0 Å². The number of piperidine rings is 1. The molecule has 4 heteroatoms. The van der Waals surface area contributed by atoms with Crippen molar-refractivity contribution in [3.63, 3.8) is 0 Å². The van der Waals surface area contributed by atoms with Crippen LogP contribution in [0.3, 0.4) is 0 Å². The Morgan fingerprint density at radius 2 is 1.80 bits per heavy atom. The molecular weight excluding hydrogens is 308 g/mol. The van der Waals surface area contributed by atoms with Gasteiger partial charge in [-0.05, 0) is 55.9 Å². The highest BCUT2D eigenvalue weighted by molar-refractivity contribution is 5.51. The number of rotatable bonds is 6. The average molecular weight is 341 g/mol. The third-order valence-corrected chi connectivity index (χ3v) is 5.00. The first kappa shape index (κ1) is 18.0. The third-order valence-electron chi connectivity index (χ3n) is 5.00. The lowest BCUT2D eigenvalue weighted by Crippen LogP contribution is -2.42. The predicted octanol–water partition coefficient (Wildman–Crippen LogP) is 3.91. The first-order chi connectivity index (χ1) is 12.0. The van der Waals surface area contributed by atoms with E-state index in [0.29, 0.717) is 12.0 Å². The van der Waals surface area contributed by atoms with Crippen LogP contribution in [-0.2, 0) is 13.1 Å². The van der Waals surface area contributed by atoms with Crippen LogP contribution in [0.25, 0.3) is 0 Å². The first-order valence-electron chi connectivity index (χ1n) is 9.57. The van der Waals surface area contributed by atoms with Crippen LogP contribution in [0.15, 0.2) is 30.7 Å². The second-order valence-electron chi connectivity index (χ2n) is 7.92. The summed E-state index contributed by atoms with van der Waals surface area (Å²) < 4.78 is 2.28. The molecule has 0 amide bonds. The molecule has 3 rings (SSSR count). The molecule has 0 aliphatic carbocycles. The van der Waals surface area contributed by atoms with E-state index >= 15 is 0 Å². The number of nitrogens with one attached hydrogen (secondary N) is 1. The highest BCUT2D eigenvalue weighted by atomic mass is 15.2. The van der Waals surface area contributed by atoms with Crippen LogP contribution in [0.4, 0.5) is 5.69 Å². The summed E-state index contributed by atoms with van der Waals surface area (Å²) in [5, 5.41) is 3.74. The van der Waals surface area contributed by atoms with E-state index in [-0.39, 0.29) is 0 Å². The van der Waals surface area contributed by atoms with Crippen molar-refractivity contribution in [3.05, 3.63) is 47.5 Å². The van der Waals surface area contributed by atoms with Gasteiger partial charge < -0.3 is 14.8 Å². The van der Waals surface area contributed by atoms with E-state index in [1.165, 1.54) is 35.3 Å². The Labute approximate surface area is 152 Å². The standard InChI is InChI=1S/C21H32N4/c1-16(2)14-25-15-22-12-21(25)13-23-19-5-7-24(8-6-19)20-10-17(3)9-18(4)11-20/h9-12,15-16,19,23H,5-8,13-14H2,1-4H3. The van der Waals surface area contributed by atoms with E-state index in [4.69, 9.17) is 0 Å². The fourth-order valence-electron chi connectivity index (χ4n) is 3.78. The molecule has 0 unspecified atom stereocenters. The third kappa shape index (κ3) is 4.85. The zero-order chi connectivity index (χ0) is 17.8. The number of hydrogen-bond donors (Lipinski definition) is 1. The minimum absolute atomic E-state index is 0.601. The second kappa shape index (κ2) is 8.05. The molecule has 1 aromatic carbocycles. The van der Waals surface area contributed by atoms with Gasteiger partial charge in [0.2, 0.25) is 0 Å². The predicted molar refractivity (Wildman–Crippen MR) is 105 cm³/mol. The van der Waals surface area contributed by atoms with E-state index in [1.807, 2.05) is 12.5 Å². The molecule has 25 heavy (non-hydrogen) atoms. The number of benzene rings is 1. The SMILES string of the molecule is Cc1cc(C)cc(N2CCC(NCc3cncn3CC(C)C)CC2)c1. The van der Waals surface area contributed by atoms with Gasteiger partial charge in [-0.2, -0.15) is 0 Å². The normalized spacial score (nSPS) is 16.0. The smallest absolute Gasteiger partial charge is 0.0948 e. The number of hydrogen-bond acceptors (Lipinski definition) is 3. The van der Waals surface area contributed by atoms with Crippen molar-refractivity contribution < 1.29 is 0 Å². The average Bonchev–Trinajstić information content (AvgIpc) is 2.99. The van der Waals surface area contributed by atoms with E-state index < -0.39 is 0 Å². The summed E-state index contributed by atoms with van der Waals surface area (Å²) in [7, 11) is 0. The van der Waals surface area contributed by atoms with Gasteiger partial charge in [0.15, 0.2) is 0 Å². The highest BCUT2D eigenvalue weighted by Crippen LogP contribution is 2.23. The minimum atomic E-state index is 0.601. The van der Waals surface area contributed by atoms with Crippen molar-refractivity contribution in [1.29, 1.82) is 0 Å². The Morgan fingerprint density at radius 3 is 2.44 bits per heavy atom. The molecule has 136 valence electrons. The fraction of sp³-hybridized carbons (Fsp3) is 0.571. The van der Waals surface area contributed by atoms with Crippen LogP contribution in [0.1, 0.15) is 43.5 Å². The van der Waals surface area contributed by atoms with Gasteiger partial charge in [0.25, 0.3) is 0 Å². The Kier molecular flexibility index (Phi) is 5.79. The molecular formula is C21H32N4. The van der Waals surface area contributed by atoms with Gasteiger partial charge >= 0.3 is 0 Å². The molecule has 0 radical (unpaired) electrons. The van der Waals surface area contributed by atoms with Gasteiger partial charge in [-0.1, -0.05) is 19.9 Å². The second-order valence-corrected chi connectivity index (χ2v) is 7.92. The Bertz CT molecular complexity index is 661. The van der Waals surface area contributed by atoms with Gasteiger partial charge in [0.05, 0.1) is 12.0 Å². The molecule has 2 heterocycles. The van der Waals surface area contributed by atoms with Crippen molar-refractivity contribution in [1.82, 2.24) is 14.9 Å². The van der Waals surface area contributed by atoms with Crippen LogP contribution in [0.5, 0.6) is 0 Å².